The highest BCUT2D eigenvalue weighted by atomic mass is 35.5. The molecule has 5 atom stereocenters. The molecule has 32 heavy (non-hydrogen) atoms. The first-order chi connectivity index (χ1) is 14.8. The van der Waals surface area contributed by atoms with Gasteiger partial charge in [-0.3, -0.25) is 0 Å². The van der Waals surface area contributed by atoms with Crippen molar-refractivity contribution in [2.24, 2.45) is 17.3 Å². The van der Waals surface area contributed by atoms with Crippen LogP contribution in [0.4, 0.5) is 4.39 Å². The molecular weight excluding hydrogens is 434 g/mol. The molecule has 0 radical (unpaired) electrons. The first kappa shape index (κ1) is 23.8. The Balaban J connectivity index is 1.54. The van der Waals surface area contributed by atoms with Gasteiger partial charge in [0.05, 0.1) is 24.1 Å². The second-order valence-electron chi connectivity index (χ2n) is 11.2. The van der Waals surface area contributed by atoms with E-state index in [0.29, 0.717) is 23.8 Å². The van der Waals surface area contributed by atoms with E-state index >= 15 is 0 Å². The number of rotatable bonds is 5. The van der Waals surface area contributed by atoms with Crippen molar-refractivity contribution in [1.29, 1.82) is 0 Å². The normalized spacial score (nSPS) is 31.5. The van der Waals surface area contributed by atoms with Crippen molar-refractivity contribution in [3.63, 3.8) is 0 Å². The Morgan fingerprint density at radius 1 is 1.31 bits per heavy atom. The molecule has 5 nitrogen and oxygen atoms in total. The van der Waals surface area contributed by atoms with Gasteiger partial charge in [0.1, 0.15) is 22.7 Å². The van der Waals surface area contributed by atoms with E-state index in [9.17, 15) is 9.18 Å². The number of esters is 1. The second-order valence-corrected chi connectivity index (χ2v) is 11.7. The zero-order valence-electron chi connectivity index (χ0n) is 20.0. The van der Waals surface area contributed by atoms with E-state index in [2.05, 4.69) is 20.8 Å². The predicted octanol–water partition coefficient (Wildman–Crippen LogP) is 5.21. The molecule has 176 valence electrons. The minimum atomic E-state index is -0.770. The standard InChI is InChI=1S/C24H33BClFO5/c1-22(2,3)30-21(28)19-15(27)9-8-13(20(19)29-7)10-18(26)25-31-17-12-14-11-16(23(14,4)5)24(17,6)32-25/h8-9,14,16-18H,10-12H2,1-7H3/t14-,16+,17?,18-,24+/m1/s1. The monoisotopic (exact) mass is 466 g/mol. The summed E-state index contributed by atoms with van der Waals surface area (Å²) in [5, 5.41) is -0.524. The summed E-state index contributed by atoms with van der Waals surface area (Å²) < 4.78 is 38.1. The number of hydrogen-bond acceptors (Lipinski definition) is 5. The minimum absolute atomic E-state index is 0.0259. The van der Waals surface area contributed by atoms with Crippen LogP contribution < -0.4 is 4.74 Å². The summed E-state index contributed by atoms with van der Waals surface area (Å²) in [5.41, 5.74) is -0.490. The molecule has 4 aliphatic rings. The third-order valence-corrected chi connectivity index (χ3v) is 8.03. The largest absolute Gasteiger partial charge is 0.495 e. The molecule has 0 aromatic heterocycles. The maximum Gasteiger partial charge on any atom is 0.477 e. The molecule has 5 rings (SSSR count). The SMILES string of the molecule is COc1c(C[C@@H](Cl)B2OC3C[C@H]4C[C@@H](C4(C)C)[C@]3(C)O2)ccc(F)c1C(=O)OC(C)(C)C. The lowest BCUT2D eigenvalue weighted by atomic mass is 9.43. The number of hydrogen-bond donors (Lipinski definition) is 0. The lowest BCUT2D eigenvalue weighted by molar-refractivity contribution is -0.199. The average Bonchev–Trinajstić information content (AvgIpc) is 3.04. The van der Waals surface area contributed by atoms with Gasteiger partial charge in [-0.15, -0.1) is 11.6 Å². The number of carbonyl (C=O) groups excluding carboxylic acids is 1. The van der Waals surface area contributed by atoms with Crippen LogP contribution >= 0.6 is 11.6 Å². The summed E-state index contributed by atoms with van der Waals surface area (Å²) in [4.78, 5) is 12.6. The van der Waals surface area contributed by atoms with Crippen molar-refractivity contribution in [2.75, 3.05) is 7.11 Å². The van der Waals surface area contributed by atoms with Crippen molar-refractivity contribution >= 4 is 24.7 Å². The zero-order chi connectivity index (χ0) is 23.6. The van der Waals surface area contributed by atoms with Gasteiger partial charge in [0.25, 0.3) is 0 Å². The predicted molar refractivity (Wildman–Crippen MR) is 122 cm³/mol. The van der Waals surface area contributed by atoms with E-state index in [1.165, 1.54) is 13.2 Å². The molecular formula is C24H33BClFO5. The zero-order valence-corrected chi connectivity index (χ0v) is 20.7. The highest BCUT2D eigenvalue weighted by Gasteiger charge is 2.68. The van der Waals surface area contributed by atoms with Gasteiger partial charge in [-0.2, -0.15) is 0 Å². The molecule has 0 amide bonds. The van der Waals surface area contributed by atoms with E-state index in [1.54, 1.807) is 26.8 Å². The summed E-state index contributed by atoms with van der Waals surface area (Å²) in [6.07, 6.45) is 2.46. The van der Waals surface area contributed by atoms with Crippen LogP contribution in [0, 0.1) is 23.1 Å². The van der Waals surface area contributed by atoms with Gasteiger partial charge in [-0.05, 0) is 75.8 Å². The number of alkyl halides is 1. The van der Waals surface area contributed by atoms with E-state index in [1.807, 2.05) is 0 Å². The van der Waals surface area contributed by atoms with E-state index in [0.717, 1.165) is 12.8 Å². The van der Waals surface area contributed by atoms with E-state index < -0.39 is 29.8 Å². The molecule has 1 saturated heterocycles. The molecule has 0 N–H and O–H groups in total. The van der Waals surface area contributed by atoms with E-state index in [-0.39, 0.29) is 28.4 Å². The fourth-order valence-electron chi connectivity index (χ4n) is 5.87. The summed E-state index contributed by atoms with van der Waals surface area (Å²) in [7, 11) is 0.824. The van der Waals surface area contributed by atoms with Gasteiger partial charge in [0.2, 0.25) is 0 Å². The highest BCUT2D eigenvalue weighted by Crippen LogP contribution is 2.65. The smallest absolute Gasteiger partial charge is 0.477 e. The minimum Gasteiger partial charge on any atom is -0.495 e. The van der Waals surface area contributed by atoms with Gasteiger partial charge in [-0.1, -0.05) is 19.9 Å². The third kappa shape index (κ3) is 3.84. The maximum absolute atomic E-state index is 14.6. The number of benzene rings is 1. The van der Waals surface area contributed by atoms with Crippen molar-refractivity contribution in [1.82, 2.24) is 0 Å². The van der Waals surface area contributed by atoms with Crippen LogP contribution in [0.2, 0.25) is 0 Å². The van der Waals surface area contributed by atoms with Crippen LogP contribution in [-0.4, -0.2) is 42.8 Å². The Morgan fingerprint density at radius 2 is 2.00 bits per heavy atom. The van der Waals surface area contributed by atoms with Gasteiger partial charge < -0.3 is 18.8 Å². The Hall–Kier alpha value is -1.31. The highest BCUT2D eigenvalue weighted by molar-refractivity contribution is 6.60. The van der Waals surface area contributed by atoms with Crippen LogP contribution in [0.3, 0.4) is 0 Å². The maximum atomic E-state index is 14.6. The molecule has 1 aromatic rings. The summed E-state index contributed by atoms with van der Waals surface area (Å²) >= 11 is 6.77. The van der Waals surface area contributed by atoms with Gasteiger partial charge in [0, 0.05) is 0 Å². The topological polar surface area (TPSA) is 54.0 Å². The number of halogens is 2. The molecule has 1 aromatic carbocycles. The fraction of sp³-hybridized carbons (Fsp3) is 0.708. The van der Waals surface area contributed by atoms with Crippen LogP contribution in [-0.2, 0) is 20.5 Å². The van der Waals surface area contributed by atoms with Crippen molar-refractivity contribution in [2.45, 2.75) is 83.4 Å². The first-order valence-electron chi connectivity index (χ1n) is 11.3. The van der Waals surface area contributed by atoms with Crippen molar-refractivity contribution in [3.8, 4) is 5.75 Å². The van der Waals surface area contributed by atoms with Crippen LogP contribution in [0.1, 0.15) is 70.3 Å². The van der Waals surface area contributed by atoms with E-state index in [4.69, 9.17) is 30.4 Å². The Bertz CT molecular complexity index is 916. The summed E-state index contributed by atoms with van der Waals surface area (Å²) in [5.74, 6) is -0.245. The van der Waals surface area contributed by atoms with Crippen molar-refractivity contribution in [3.05, 3.63) is 29.1 Å². The molecule has 1 unspecified atom stereocenters. The van der Waals surface area contributed by atoms with Crippen LogP contribution in [0.25, 0.3) is 0 Å². The lowest BCUT2D eigenvalue weighted by Gasteiger charge is -2.64. The fourth-order valence-corrected chi connectivity index (χ4v) is 6.15. The average molecular weight is 467 g/mol. The van der Waals surface area contributed by atoms with Crippen LogP contribution in [0.15, 0.2) is 12.1 Å². The summed E-state index contributed by atoms with van der Waals surface area (Å²) in [6.45, 7) is 12.0. The lowest BCUT2D eigenvalue weighted by Crippen LogP contribution is -2.65. The van der Waals surface area contributed by atoms with Crippen molar-refractivity contribution < 1.29 is 28.0 Å². The number of methoxy groups -OCH3 is 1. The van der Waals surface area contributed by atoms with Crippen LogP contribution in [0.5, 0.6) is 5.75 Å². The Morgan fingerprint density at radius 3 is 2.59 bits per heavy atom. The molecule has 3 aliphatic carbocycles. The molecule has 0 spiro atoms. The Labute approximate surface area is 195 Å². The molecule has 1 aliphatic heterocycles. The summed E-state index contributed by atoms with van der Waals surface area (Å²) in [6, 6.07) is 2.83. The number of ether oxygens (including phenoxy) is 2. The number of carbonyl (C=O) groups is 1. The molecule has 8 heteroatoms. The quantitative estimate of drug-likeness (QED) is 0.339. The first-order valence-corrected chi connectivity index (χ1v) is 11.8. The molecule has 2 bridgehead atoms. The van der Waals surface area contributed by atoms with Gasteiger partial charge in [0.15, 0.2) is 0 Å². The van der Waals surface area contributed by atoms with Gasteiger partial charge >= 0.3 is 13.1 Å². The molecule has 3 saturated carbocycles. The second kappa shape index (κ2) is 7.88. The Kier molecular flexibility index (Phi) is 5.87. The third-order valence-electron chi connectivity index (χ3n) is 7.67. The van der Waals surface area contributed by atoms with Gasteiger partial charge in [-0.25, -0.2) is 9.18 Å². The molecule has 4 fully saturated rings. The molecule has 1 heterocycles.